The molecule has 24 heavy (non-hydrogen) atoms. The van der Waals surface area contributed by atoms with Gasteiger partial charge in [-0.15, -0.1) is 0 Å². The van der Waals surface area contributed by atoms with Gasteiger partial charge in [0.25, 0.3) is 0 Å². The first-order valence-electron chi connectivity index (χ1n) is 10.6. The first-order chi connectivity index (χ1) is 11.4. The Balaban J connectivity index is 1.60. The molecule has 2 radical (unpaired) electrons. The summed E-state index contributed by atoms with van der Waals surface area (Å²) >= 11 is 0. The molecule has 4 saturated carbocycles. The van der Waals surface area contributed by atoms with Crippen LogP contribution in [-0.2, 0) is 4.79 Å². The van der Waals surface area contributed by atoms with Gasteiger partial charge in [0.1, 0.15) is 5.78 Å². The van der Waals surface area contributed by atoms with Crippen LogP contribution in [0.15, 0.2) is 0 Å². The highest BCUT2D eigenvalue weighted by Gasteiger charge is 2.60. The fourth-order valence-electron chi connectivity index (χ4n) is 8.14. The number of Topliss-reactive ketones (excluding diaryl/α,β-unsaturated/α-hetero) is 1. The molecule has 2 heteroatoms. The molecule has 0 amide bonds. The zero-order valence-electron chi connectivity index (χ0n) is 16.0. The second-order valence-corrected chi connectivity index (χ2v) is 10.4. The van der Waals surface area contributed by atoms with Crippen molar-refractivity contribution in [2.45, 2.75) is 84.9 Å². The van der Waals surface area contributed by atoms with E-state index in [0.29, 0.717) is 11.2 Å². The maximum Gasteiger partial charge on any atom is 0.128 e. The number of hydrogen-bond donors (Lipinski definition) is 0. The third kappa shape index (κ3) is 2.30. The summed E-state index contributed by atoms with van der Waals surface area (Å²) in [4.78, 5) is 12.4. The molecule has 3 unspecified atom stereocenters. The first-order valence-corrected chi connectivity index (χ1v) is 10.6. The van der Waals surface area contributed by atoms with Gasteiger partial charge in [-0.3, -0.25) is 0 Å². The lowest BCUT2D eigenvalue weighted by molar-refractivity contribution is -0.135. The van der Waals surface area contributed by atoms with Crippen molar-refractivity contribution in [3.8, 4) is 0 Å². The van der Waals surface area contributed by atoms with Gasteiger partial charge >= 0.3 is 0 Å². The minimum Gasteiger partial charge on any atom is -0.300 e. The minimum atomic E-state index is 0.249. The Hall–Kier alpha value is -0.265. The van der Waals surface area contributed by atoms with Crippen molar-refractivity contribution in [2.24, 2.45) is 46.3 Å². The Labute approximate surface area is 150 Å². The molecule has 0 aromatic carbocycles. The Morgan fingerprint density at radius 3 is 2.42 bits per heavy atom. The van der Waals surface area contributed by atoms with Gasteiger partial charge in [-0.25, -0.2) is 0 Å². The van der Waals surface area contributed by atoms with Crippen LogP contribution >= 0.6 is 0 Å². The summed E-state index contributed by atoms with van der Waals surface area (Å²) in [5, 5.41) is 0. The van der Waals surface area contributed by atoms with Gasteiger partial charge in [-0.05, 0) is 98.1 Å². The third-order valence-electron chi connectivity index (χ3n) is 9.52. The van der Waals surface area contributed by atoms with Crippen LogP contribution in [0.5, 0.6) is 0 Å². The lowest BCUT2D eigenvalue weighted by Gasteiger charge is -2.61. The Kier molecular flexibility index (Phi) is 4.21. The van der Waals surface area contributed by atoms with E-state index in [-0.39, 0.29) is 17.7 Å². The highest BCUT2D eigenvalue weighted by Crippen LogP contribution is 2.67. The van der Waals surface area contributed by atoms with E-state index < -0.39 is 0 Å². The number of fused-ring (bicyclic) bond motifs is 5. The Morgan fingerprint density at radius 1 is 0.958 bits per heavy atom. The summed E-state index contributed by atoms with van der Waals surface area (Å²) in [6.45, 7) is 7.54. The maximum absolute atomic E-state index is 12.4. The van der Waals surface area contributed by atoms with E-state index in [1.165, 1.54) is 51.4 Å². The van der Waals surface area contributed by atoms with Crippen molar-refractivity contribution in [1.82, 2.24) is 0 Å². The van der Waals surface area contributed by atoms with E-state index in [0.717, 1.165) is 36.0 Å². The topological polar surface area (TPSA) is 17.1 Å². The van der Waals surface area contributed by atoms with Crippen molar-refractivity contribution in [3.63, 3.8) is 0 Å². The van der Waals surface area contributed by atoms with Crippen LogP contribution in [0.1, 0.15) is 78.6 Å². The summed E-state index contributed by atoms with van der Waals surface area (Å²) in [6.07, 6.45) is 12.5. The summed E-state index contributed by atoms with van der Waals surface area (Å²) in [6, 6.07) is 0. The molecule has 4 rings (SSSR count). The van der Waals surface area contributed by atoms with Crippen molar-refractivity contribution in [3.05, 3.63) is 0 Å². The molecular formula is C22H35BO. The molecule has 0 aliphatic heterocycles. The molecule has 0 saturated heterocycles. The van der Waals surface area contributed by atoms with Gasteiger partial charge in [0.15, 0.2) is 0 Å². The second-order valence-electron chi connectivity index (χ2n) is 10.4. The monoisotopic (exact) mass is 326 g/mol. The fraction of sp³-hybridized carbons (Fsp3) is 0.955. The van der Waals surface area contributed by atoms with Gasteiger partial charge < -0.3 is 4.79 Å². The summed E-state index contributed by atoms with van der Waals surface area (Å²) in [5.74, 6) is 5.09. The van der Waals surface area contributed by atoms with E-state index in [2.05, 4.69) is 20.8 Å². The lowest BCUT2D eigenvalue weighted by Crippen LogP contribution is -2.53. The fourth-order valence-corrected chi connectivity index (χ4v) is 8.14. The quantitative estimate of drug-likeness (QED) is 0.618. The van der Waals surface area contributed by atoms with Crippen LogP contribution in [0.25, 0.3) is 0 Å². The Bertz CT molecular complexity index is 516. The number of rotatable bonds is 2. The SMILES string of the molecule is [B]CC(=O)[C@H]1CCC2[C@@H]3CCC4C[C@@H](C)CC[C@]4(C)C3CC[C@@]21C. The van der Waals surface area contributed by atoms with Gasteiger partial charge in [-0.1, -0.05) is 27.2 Å². The highest BCUT2D eigenvalue weighted by molar-refractivity contribution is 6.20. The molecule has 0 bridgehead atoms. The van der Waals surface area contributed by atoms with E-state index in [1.54, 1.807) is 0 Å². The predicted molar refractivity (Wildman–Crippen MR) is 99.9 cm³/mol. The molecular weight excluding hydrogens is 291 g/mol. The minimum absolute atomic E-state index is 0.249. The van der Waals surface area contributed by atoms with Crippen LogP contribution in [0.4, 0.5) is 0 Å². The van der Waals surface area contributed by atoms with Gasteiger partial charge in [0.05, 0.1) is 7.85 Å². The predicted octanol–water partition coefficient (Wildman–Crippen LogP) is 5.44. The van der Waals surface area contributed by atoms with E-state index >= 15 is 0 Å². The van der Waals surface area contributed by atoms with Crippen LogP contribution in [0, 0.1) is 46.3 Å². The van der Waals surface area contributed by atoms with E-state index in [1.807, 2.05) is 0 Å². The molecule has 0 spiro atoms. The lowest BCUT2D eigenvalue weighted by atomic mass is 9.44. The Morgan fingerprint density at radius 2 is 1.67 bits per heavy atom. The van der Waals surface area contributed by atoms with Gasteiger partial charge in [0.2, 0.25) is 0 Å². The molecule has 8 atom stereocenters. The van der Waals surface area contributed by atoms with Gasteiger partial charge in [0, 0.05) is 5.92 Å². The molecule has 0 N–H and O–H groups in total. The van der Waals surface area contributed by atoms with Crippen LogP contribution in [0.3, 0.4) is 0 Å². The molecule has 0 aromatic heterocycles. The van der Waals surface area contributed by atoms with Crippen LogP contribution in [0.2, 0.25) is 6.32 Å². The van der Waals surface area contributed by atoms with E-state index in [9.17, 15) is 4.79 Å². The van der Waals surface area contributed by atoms with Crippen LogP contribution < -0.4 is 0 Å². The normalized spacial score (nSPS) is 53.8. The van der Waals surface area contributed by atoms with E-state index in [4.69, 9.17) is 7.85 Å². The molecule has 0 aromatic rings. The second kappa shape index (κ2) is 5.88. The van der Waals surface area contributed by atoms with Crippen LogP contribution in [-0.4, -0.2) is 13.6 Å². The number of carbonyl (C=O) groups excluding carboxylic acids is 1. The number of ketones is 1. The molecule has 0 heterocycles. The average molecular weight is 326 g/mol. The standard InChI is InChI=1S/C22H35BO/c1-14-8-10-21(2)15(12-14)4-5-16-17-6-7-19(20(24)13-23)22(17,3)11-9-18(16)21/h14-19H,4-13H2,1-3H3/t14-,15?,16-,17?,18?,19+,21-,22-/m0/s1. The number of carbonyl (C=O) groups is 1. The molecule has 1 nitrogen and oxygen atoms in total. The summed E-state index contributed by atoms with van der Waals surface area (Å²) in [7, 11) is 5.74. The van der Waals surface area contributed by atoms with Crippen molar-refractivity contribution < 1.29 is 4.79 Å². The highest BCUT2D eigenvalue weighted by atomic mass is 16.1. The zero-order chi connectivity index (χ0) is 17.1. The first kappa shape index (κ1) is 17.2. The molecule has 132 valence electrons. The van der Waals surface area contributed by atoms with Crippen molar-refractivity contribution >= 4 is 13.6 Å². The maximum atomic E-state index is 12.4. The summed E-state index contributed by atoms with van der Waals surface area (Å²) < 4.78 is 0. The molecule has 4 aliphatic carbocycles. The zero-order valence-corrected chi connectivity index (χ0v) is 16.0. The molecule has 4 aliphatic rings. The van der Waals surface area contributed by atoms with Crippen molar-refractivity contribution in [2.75, 3.05) is 0 Å². The third-order valence-corrected chi connectivity index (χ3v) is 9.52. The largest absolute Gasteiger partial charge is 0.300 e. The molecule has 4 fully saturated rings. The van der Waals surface area contributed by atoms with Crippen molar-refractivity contribution in [1.29, 1.82) is 0 Å². The smallest absolute Gasteiger partial charge is 0.128 e. The number of hydrogen-bond acceptors (Lipinski definition) is 1. The summed E-state index contributed by atoms with van der Waals surface area (Å²) in [5.41, 5.74) is 0.843. The van der Waals surface area contributed by atoms with Gasteiger partial charge in [-0.2, -0.15) is 0 Å². The average Bonchev–Trinajstić information content (AvgIpc) is 2.92.